The van der Waals surface area contributed by atoms with Gasteiger partial charge in [-0.15, -0.1) is 0 Å². The first-order chi connectivity index (χ1) is 27.2. The highest BCUT2D eigenvalue weighted by atomic mass is 19.4. The Morgan fingerprint density at radius 2 is 1.69 bits per heavy atom. The van der Waals surface area contributed by atoms with Crippen LogP contribution in [0, 0.1) is 17.3 Å². The van der Waals surface area contributed by atoms with Gasteiger partial charge in [0.2, 0.25) is 5.91 Å². The Morgan fingerprint density at radius 3 is 2.31 bits per heavy atom. The van der Waals surface area contributed by atoms with E-state index >= 15 is 0 Å². The maximum Gasteiger partial charge on any atom is 0.481 e. The second kappa shape index (κ2) is 15.0. The van der Waals surface area contributed by atoms with Crippen LogP contribution in [-0.4, -0.2) is 46.3 Å². The summed E-state index contributed by atoms with van der Waals surface area (Å²) in [6.45, 7) is 18.5. The molecule has 4 N–H and O–H groups in total. The standard InChI is InChI=1S/C43H56BF3N6O5/c1-10-34(44-57-33-19-27-18-32(40(27,6)7)42(33,9)58-44)50-36(54)31-20-41(8,52-39(56)51-35-28(23(2)3)15-12-16-29(35)24(4)5)38-49-22-30(37(55)53(31)38)48-21-25-13-11-14-26(17-25)43(45,46)47/h11-17,22-24,27,31-34,48H,10,18-21H2,1-9H3,(H,50,54)(H2,51,52,56)/t27-,31-,32-,33+,34-,41+,42-/m0/s1. The molecular weight excluding hydrogens is 748 g/mol. The minimum atomic E-state index is -4.53. The van der Waals surface area contributed by atoms with Crippen molar-refractivity contribution in [1.29, 1.82) is 0 Å². The number of nitrogens with one attached hydrogen (secondary N) is 4. The van der Waals surface area contributed by atoms with Crippen molar-refractivity contribution in [3.63, 3.8) is 0 Å². The van der Waals surface area contributed by atoms with E-state index in [1.54, 1.807) is 6.92 Å². The molecule has 312 valence electrons. The maximum absolute atomic E-state index is 14.5. The van der Waals surface area contributed by atoms with Crippen molar-refractivity contribution in [2.24, 2.45) is 17.3 Å². The normalized spacial score (nSPS) is 27.4. The van der Waals surface area contributed by atoms with Gasteiger partial charge >= 0.3 is 19.3 Å². The zero-order valence-corrected chi connectivity index (χ0v) is 34.8. The van der Waals surface area contributed by atoms with Crippen LogP contribution in [0.25, 0.3) is 0 Å². The van der Waals surface area contributed by atoms with Crippen molar-refractivity contribution >= 4 is 30.4 Å². The number of aromatic nitrogens is 2. The number of amides is 3. The number of alkyl halides is 3. The SMILES string of the molecule is CC[C@H](NC(=O)[C@@H]1C[C@@](C)(NC(=O)Nc2c(C(C)C)cccc2C(C)C)c2ncc(NCc3cccc(C(F)(F)F)c3)c(=O)n21)B1O[C@@H]2C[C@@H]3C[C@@H](C3(C)C)[C@]2(C)O1. The molecule has 2 aromatic carbocycles. The lowest BCUT2D eigenvalue weighted by Gasteiger charge is -2.64. The monoisotopic (exact) mass is 804 g/mol. The van der Waals surface area contributed by atoms with Gasteiger partial charge in [0.25, 0.3) is 5.56 Å². The number of carbonyl (C=O) groups is 2. The Balaban J connectivity index is 1.17. The molecule has 5 aliphatic rings. The van der Waals surface area contributed by atoms with E-state index in [2.05, 4.69) is 74.7 Å². The Kier molecular flexibility index (Phi) is 10.8. The quantitative estimate of drug-likeness (QED) is 0.143. The molecule has 3 amide bonds. The minimum Gasteiger partial charge on any atom is -0.404 e. The molecule has 11 nitrogen and oxygen atoms in total. The third-order valence-electron chi connectivity index (χ3n) is 13.5. The smallest absolute Gasteiger partial charge is 0.404 e. The fourth-order valence-corrected chi connectivity index (χ4v) is 10.0. The Morgan fingerprint density at radius 1 is 1.02 bits per heavy atom. The summed E-state index contributed by atoms with van der Waals surface area (Å²) >= 11 is 0. The number of hydrogen-bond acceptors (Lipinski definition) is 7. The first-order valence-electron chi connectivity index (χ1n) is 20.6. The minimum absolute atomic E-state index is 0.00443. The van der Waals surface area contributed by atoms with Crippen LogP contribution in [0.4, 0.5) is 29.3 Å². The van der Waals surface area contributed by atoms with E-state index in [1.165, 1.54) is 22.9 Å². The van der Waals surface area contributed by atoms with Crippen molar-refractivity contribution in [1.82, 2.24) is 20.2 Å². The first-order valence-corrected chi connectivity index (χ1v) is 20.6. The van der Waals surface area contributed by atoms with E-state index in [0.717, 1.165) is 36.1 Å². The third-order valence-corrected chi connectivity index (χ3v) is 13.5. The number of rotatable bonds is 11. The van der Waals surface area contributed by atoms with E-state index in [0.29, 0.717) is 29.5 Å². The number of carbonyl (C=O) groups excluding carboxylic acids is 2. The molecule has 3 saturated carbocycles. The Hall–Kier alpha value is -4.37. The van der Waals surface area contributed by atoms with Crippen molar-refractivity contribution in [3.8, 4) is 0 Å². The zero-order valence-electron chi connectivity index (χ0n) is 34.8. The molecule has 1 aromatic heterocycles. The van der Waals surface area contributed by atoms with Crippen LogP contribution in [0.3, 0.4) is 0 Å². The van der Waals surface area contributed by atoms with E-state index in [1.807, 2.05) is 25.1 Å². The molecule has 2 aliphatic heterocycles. The van der Waals surface area contributed by atoms with Gasteiger partial charge in [0, 0.05) is 18.7 Å². The first kappa shape index (κ1) is 41.8. The van der Waals surface area contributed by atoms with Crippen molar-refractivity contribution in [2.45, 2.75) is 142 Å². The molecule has 58 heavy (non-hydrogen) atoms. The molecule has 0 radical (unpaired) electrons. The lowest BCUT2D eigenvalue weighted by molar-refractivity contribution is -0.199. The van der Waals surface area contributed by atoms with Crippen LogP contribution < -0.4 is 26.8 Å². The summed E-state index contributed by atoms with van der Waals surface area (Å²) in [6, 6.07) is 9.14. The fourth-order valence-electron chi connectivity index (χ4n) is 10.0. The number of fused-ring (bicyclic) bond motifs is 1. The van der Waals surface area contributed by atoms with Gasteiger partial charge in [0.05, 0.1) is 34.9 Å². The molecule has 1 saturated heterocycles. The van der Waals surface area contributed by atoms with Crippen molar-refractivity contribution < 1.29 is 32.1 Å². The lowest BCUT2D eigenvalue weighted by atomic mass is 9.43. The molecule has 0 spiro atoms. The van der Waals surface area contributed by atoms with Gasteiger partial charge < -0.3 is 30.6 Å². The molecule has 7 atom stereocenters. The number of halogens is 3. The van der Waals surface area contributed by atoms with Gasteiger partial charge in [-0.05, 0) is 91.0 Å². The van der Waals surface area contributed by atoms with Crippen molar-refractivity contribution in [3.05, 3.63) is 87.1 Å². The number of urea groups is 1. The zero-order chi connectivity index (χ0) is 42.1. The molecule has 3 aromatic rings. The topological polar surface area (TPSA) is 136 Å². The second-order valence-electron chi connectivity index (χ2n) is 18.3. The van der Waals surface area contributed by atoms with Crippen LogP contribution in [0.2, 0.25) is 0 Å². The molecular formula is C43H56BF3N6O5. The van der Waals surface area contributed by atoms with Crippen LogP contribution in [0.1, 0.15) is 134 Å². The Bertz CT molecular complexity index is 2120. The van der Waals surface area contributed by atoms with E-state index in [4.69, 9.17) is 9.31 Å². The number of hydrogen-bond donors (Lipinski definition) is 4. The summed E-state index contributed by atoms with van der Waals surface area (Å²) in [5.41, 5.74) is -0.0939. The predicted octanol–water partition coefficient (Wildman–Crippen LogP) is 8.27. The highest BCUT2D eigenvalue weighted by Gasteiger charge is 2.68. The lowest BCUT2D eigenvalue weighted by Crippen LogP contribution is -2.65. The summed E-state index contributed by atoms with van der Waals surface area (Å²) < 4.78 is 54.9. The van der Waals surface area contributed by atoms with Gasteiger partial charge in [0.15, 0.2) is 0 Å². The molecule has 2 bridgehead atoms. The summed E-state index contributed by atoms with van der Waals surface area (Å²) in [4.78, 5) is 47.5. The highest BCUT2D eigenvalue weighted by molar-refractivity contribution is 6.47. The predicted molar refractivity (Wildman–Crippen MR) is 217 cm³/mol. The number of para-hydroxylation sites is 1. The highest BCUT2D eigenvalue weighted by Crippen LogP contribution is 2.65. The van der Waals surface area contributed by atoms with Crippen LogP contribution in [0.5, 0.6) is 0 Å². The molecule has 0 unspecified atom stereocenters. The summed E-state index contributed by atoms with van der Waals surface area (Å²) in [7, 11) is -0.693. The average molecular weight is 805 g/mol. The molecule has 15 heteroatoms. The van der Waals surface area contributed by atoms with Crippen molar-refractivity contribution in [2.75, 3.05) is 10.6 Å². The molecule has 8 rings (SSSR count). The summed E-state index contributed by atoms with van der Waals surface area (Å²) in [5.74, 6) is 0.288. The Labute approximate surface area is 338 Å². The second-order valence-corrected chi connectivity index (χ2v) is 18.3. The molecule has 3 heterocycles. The van der Waals surface area contributed by atoms with Crippen LogP contribution >= 0.6 is 0 Å². The third kappa shape index (κ3) is 7.30. The van der Waals surface area contributed by atoms with Crippen LogP contribution in [-0.2, 0) is 32.4 Å². The molecule has 4 fully saturated rings. The van der Waals surface area contributed by atoms with Gasteiger partial charge in [-0.2, -0.15) is 13.2 Å². The van der Waals surface area contributed by atoms with Crippen LogP contribution in [0.15, 0.2) is 53.5 Å². The number of anilines is 2. The number of benzene rings is 2. The van der Waals surface area contributed by atoms with E-state index in [-0.39, 0.29) is 47.8 Å². The largest absolute Gasteiger partial charge is 0.481 e. The summed E-state index contributed by atoms with van der Waals surface area (Å²) in [6.07, 6.45) is -0.857. The summed E-state index contributed by atoms with van der Waals surface area (Å²) in [5, 5.41) is 12.2. The maximum atomic E-state index is 14.5. The average Bonchev–Trinajstić information content (AvgIpc) is 3.67. The van der Waals surface area contributed by atoms with Gasteiger partial charge in [0.1, 0.15) is 17.6 Å². The van der Waals surface area contributed by atoms with E-state index in [9.17, 15) is 27.6 Å². The number of nitrogens with zero attached hydrogens (tertiary/aromatic N) is 2. The molecule has 3 aliphatic carbocycles. The fraction of sp³-hybridized carbons (Fsp3) is 0.581. The van der Waals surface area contributed by atoms with Gasteiger partial charge in [-0.25, -0.2) is 9.78 Å². The van der Waals surface area contributed by atoms with Gasteiger partial charge in [-0.1, -0.05) is 78.8 Å². The van der Waals surface area contributed by atoms with Gasteiger partial charge in [-0.3, -0.25) is 14.2 Å². The van der Waals surface area contributed by atoms with E-state index < -0.39 is 59.5 Å².